The van der Waals surface area contributed by atoms with E-state index in [2.05, 4.69) is 26.9 Å². The Labute approximate surface area is 192 Å². The second-order valence-corrected chi connectivity index (χ2v) is 8.71. The highest BCUT2D eigenvalue weighted by Crippen LogP contribution is 2.17. The molecule has 1 saturated heterocycles. The van der Waals surface area contributed by atoms with Crippen LogP contribution in [0, 0.1) is 13.8 Å². The van der Waals surface area contributed by atoms with Gasteiger partial charge in [0, 0.05) is 50.6 Å². The highest BCUT2D eigenvalue weighted by Gasteiger charge is 2.24. The van der Waals surface area contributed by atoms with Gasteiger partial charge in [-0.1, -0.05) is 35.0 Å². The molecule has 5 rings (SSSR count). The standard InChI is InChI=1S/C25H28N6O2/c1-18-5-7-20(8-6-18)24-27-23(33-28-24)4-3-10-29-12-14-30(15-13-29)25(32)21-17-31-11-9-19(2)16-22(31)26-21/h5-9,11,16-17H,3-4,10,12-15H2,1-2H3. The van der Waals surface area contributed by atoms with Gasteiger partial charge in [0.1, 0.15) is 11.3 Å². The van der Waals surface area contributed by atoms with E-state index in [4.69, 9.17) is 4.52 Å². The lowest BCUT2D eigenvalue weighted by atomic mass is 10.1. The smallest absolute Gasteiger partial charge is 0.274 e. The van der Waals surface area contributed by atoms with Crippen LogP contribution in [0.3, 0.4) is 0 Å². The van der Waals surface area contributed by atoms with E-state index in [9.17, 15) is 4.79 Å². The highest BCUT2D eigenvalue weighted by molar-refractivity contribution is 5.93. The van der Waals surface area contributed by atoms with E-state index >= 15 is 0 Å². The largest absolute Gasteiger partial charge is 0.339 e. The molecule has 1 amide bonds. The number of benzene rings is 1. The highest BCUT2D eigenvalue weighted by atomic mass is 16.5. The molecule has 0 bridgehead atoms. The number of hydrogen-bond acceptors (Lipinski definition) is 6. The maximum Gasteiger partial charge on any atom is 0.274 e. The van der Waals surface area contributed by atoms with E-state index < -0.39 is 0 Å². The van der Waals surface area contributed by atoms with Crippen molar-refractivity contribution in [1.29, 1.82) is 0 Å². The summed E-state index contributed by atoms with van der Waals surface area (Å²) in [6, 6.07) is 12.1. The first kappa shape index (κ1) is 21.3. The average Bonchev–Trinajstić information content (AvgIpc) is 3.46. The van der Waals surface area contributed by atoms with Crippen LogP contribution >= 0.6 is 0 Å². The minimum Gasteiger partial charge on any atom is -0.339 e. The molecule has 1 aromatic carbocycles. The zero-order chi connectivity index (χ0) is 22.8. The molecule has 1 fully saturated rings. The number of carbonyl (C=O) groups is 1. The summed E-state index contributed by atoms with van der Waals surface area (Å²) in [6.45, 7) is 8.16. The molecule has 0 atom stereocenters. The summed E-state index contributed by atoms with van der Waals surface area (Å²) in [7, 11) is 0. The van der Waals surface area contributed by atoms with Crippen molar-refractivity contribution in [3.8, 4) is 11.4 Å². The Morgan fingerprint density at radius 3 is 2.58 bits per heavy atom. The third-order valence-corrected chi connectivity index (χ3v) is 6.14. The van der Waals surface area contributed by atoms with Crippen molar-refractivity contribution in [1.82, 2.24) is 29.3 Å². The molecule has 33 heavy (non-hydrogen) atoms. The molecule has 3 aromatic heterocycles. The van der Waals surface area contributed by atoms with Crippen LogP contribution in [0.25, 0.3) is 17.0 Å². The number of piperazine rings is 1. The van der Waals surface area contributed by atoms with Gasteiger partial charge in [-0.05, 0) is 44.5 Å². The summed E-state index contributed by atoms with van der Waals surface area (Å²) in [5.74, 6) is 1.31. The first-order valence-electron chi connectivity index (χ1n) is 11.4. The average molecular weight is 445 g/mol. The third kappa shape index (κ3) is 4.80. The second-order valence-electron chi connectivity index (χ2n) is 8.71. The summed E-state index contributed by atoms with van der Waals surface area (Å²) in [5.41, 5.74) is 4.63. The molecule has 4 heterocycles. The van der Waals surface area contributed by atoms with Crippen LogP contribution in [-0.2, 0) is 6.42 Å². The monoisotopic (exact) mass is 444 g/mol. The van der Waals surface area contributed by atoms with E-state index in [1.54, 1.807) is 0 Å². The van der Waals surface area contributed by atoms with Gasteiger partial charge in [0.25, 0.3) is 5.91 Å². The minimum absolute atomic E-state index is 0.00509. The van der Waals surface area contributed by atoms with Gasteiger partial charge in [-0.25, -0.2) is 4.98 Å². The van der Waals surface area contributed by atoms with E-state index in [1.165, 1.54) is 5.56 Å². The van der Waals surface area contributed by atoms with Crippen LogP contribution in [-0.4, -0.2) is 68.0 Å². The Morgan fingerprint density at radius 2 is 1.79 bits per heavy atom. The summed E-state index contributed by atoms with van der Waals surface area (Å²) in [6.07, 6.45) is 5.45. The van der Waals surface area contributed by atoms with Crippen molar-refractivity contribution in [2.45, 2.75) is 26.7 Å². The van der Waals surface area contributed by atoms with Crippen molar-refractivity contribution in [2.24, 2.45) is 0 Å². The zero-order valence-electron chi connectivity index (χ0n) is 19.1. The Hall–Kier alpha value is -3.52. The molecule has 0 N–H and O–H groups in total. The fourth-order valence-corrected chi connectivity index (χ4v) is 4.15. The third-order valence-electron chi connectivity index (χ3n) is 6.14. The van der Waals surface area contributed by atoms with Crippen molar-refractivity contribution >= 4 is 11.6 Å². The first-order valence-corrected chi connectivity index (χ1v) is 11.4. The molecule has 1 aliphatic rings. The van der Waals surface area contributed by atoms with Crippen LogP contribution in [0.4, 0.5) is 0 Å². The van der Waals surface area contributed by atoms with E-state index in [0.29, 0.717) is 30.5 Å². The number of amides is 1. The van der Waals surface area contributed by atoms with Crippen LogP contribution in [0.2, 0.25) is 0 Å². The minimum atomic E-state index is 0.00509. The molecular formula is C25H28N6O2. The van der Waals surface area contributed by atoms with Crippen molar-refractivity contribution in [2.75, 3.05) is 32.7 Å². The zero-order valence-corrected chi connectivity index (χ0v) is 19.1. The quantitative estimate of drug-likeness (QED) is 0.454. The normalized spacial score (nSPS) is 14.8. The molecular weight excluding hydrogens is 416 g/mol. The topological polar surface area (TPSA) is 79.8 Å². The van der Waals surface area contributed by atoms with E-state index in [0.717, 1.165) is 49.2 Å². The van der Waals surface area contributed by atoms with Gasteiger partial charge >= 0.3 is 0 Å². The van der Waals surface area contributed by atoms with Crippen LogP contribution in [0.1, 0.15) is 33.9 Å². The lowest BCUT2D eigenvalue weighted by molar-refractivity contribution is 0.0630. The lowest BCUT2D eigenvalue weighted by Crippen LogP contribution is -2.49. The first-order chi connectivity index (χ1) is 16.0. The number of hydrogen-bond donors (Lipinski definition) is 0. The molecule has 1 aliphatic heterocycles. The molecule has 4 aromatic rings. The number of aromatic nitrogens is 4. The summed E-state index contributed by atoms with van der Waals surface area (Å²) in [5, 5.41) is 4.11. The van der Waals surface area contributed by atoms with Gasteiger partial charge in [0.2, 0.25) is 11.7 Å². The predicted molar refractivity (Wildman–Crippen MR) is 125 cm³/mol. The fourth-order valence-electron chi connectivity index (χ4n) is 4.15. The summed E-state index contributed by atoms with van der Waals surface area (Å²) in [4.78, 5) is 26.2. The maximum absolute atomic E-state index is 12.9. The molecule has 0 radical (unpaired) electrons. The van der Waals surface area contributed by atoms with E-state index in [1.807, 2.05) is 65.0 Å². The van der Waals surface area contributed by atoms with Crippen molar-refractivity contribution in [3.05, 3.63) is 71.5 Å². The molecule has 0 spiro atoms. The Bertz CT molecular complexity index is 1250. The number of carbonyl (C=O) groups excluding carboxylic acids is 1. The number of nitrogens with zero attached hydrogens (tertiary/aromatic N) is 6. The Morgan fingerprint density at radius 1 is 1.00 bits per heavy atom. The van der Waals surface area contributed by atoms with Crippen molar-refractivity contribution < 1.29 is 9.32 Å². The van der Waals surface area contributed by atoms with Crippen LogP contribution in [0.5, 0.6) is 0 Å². The van der Waals surface area contributed by atoms with Gasteiger partial charge in [0.15, 0.2) is 0 Å². The number of pyridine rings is 1. The number of aryl methyl sites for hydroxylation is 3. The van der Waals surface area contributed by atoms with Crippen LogP contribution < -0.4 is 0 Å². The maximum atomic E-state index is 12.9. The molecule has 0 saturated carbocycles. The fraction of sp³-hybridized carbons (Fsp3) is 0.360. The van der Waals surface area contributed by atoms with Gasteiger partial charge in [-0.3, -0.25) is 9.69 Å². The number of fused-ring (bicyclic) bond motifs is 1. The number of imidazole rings is 1. The molecule has 8 nitrogen and oxygen atoms in total. The van der Waals surface area contributed by atoms with Crippen LogP contribution in [0.15, 0.2) is 53.3 Å². The molecule has 8 heteroatoms. The SMILES string of the molecule is Cc1ccc(-c2noc(CCCN3CCN(C(=O)c4cn5ccc(C)cc5n4)CC3)n2)cc1. The molecule has 170 valence electrons. The van der Waals surface area contributed by atoms with Crippen molar-refractivity contribution in [3.63, 3.8) is 0 Å². The van der Waals surface area contributed by atoms with Gasteiger partial charge in [0.05, 0.1) is 0 Å². The van der Waals surface area contributed by atoms with Gasteiger partial charge in [-0.15, -0.1) is 0 Å². The predicted octanol–water partition coefficient (Wildman–Crippen LogP) is 3.39. The molecule has 0 aliphatic carbocycles. The van der Waals surface area contributed by atoms with Gasteiger partial charge in [-0.2, -0.15) is 4.98 Å². The molecule has 0 unspecified atom stereocenters. The number of rotatable bonds is 6. The summed E-state index contributed by atoms with van der Waals surface area (Å²) < 4.78 is 7.33. The Kier molecular flexibility index (Phi) is 5.92. The van der Waals surface area contributed by atoms with E-state index in [-0.39, 0.29) is 5.91 Å². The summed E-state index contributed by atoms with van der Waals surface area (Å²) >= 11 is 0. The lowest BCUT2D eigenvalue weighted by Gasteiger charge is -2.34. The Balaban J connectivity index is 1.09. The second kappa shape index (κ2) is 9.15. The van der Waals surface area contributed by atoms with Gasteiger partial charge < -0.3 is 13.8 Å².